The molecule has 4 fully saturated rings. The minimum Gasteiger partial charge on any atom is -0.432 e. The number of nitrogens with one attached hydrogen (secondary N) is 1. The van der Waals surface area contributed by atoms with Crippen LogP contribution >= 0.6 is 0 Å². The van der Waals surface area contributed by atoms with Gasteiger partial charge in [-0.1, -0.05) is 0 Å². The molecule has 1 saturated heterocycles. The Balaban J connectivity index is 1.17. The van der Waals surface area contributed by atoms with Crippen LogP contribution in [-0.4, -0.2) is 49.9 Å². The Kier molecular flexibility index (Phi) is 4.06. The molecule has 8 heteroatoms. The van der Waals surface area contributed by atoms with Gasteiger partial charge in [-0.05, 0) is 31.4 Å². The molecule has 2 aromatic heterocycles. The Morgan fingerprint density at radius 1 is 1.25 bits per heavy atom. The van der Waals surface area contributed by atoms with Crippen molar-refractivity contribution in [2.75, 3.05) is 43.6 Å². The van der Waals surface area contributed by atoms with E-state index >= 15 is 0 Å². The van der Waals surface area contributed by atoms with Gasteiger partial charge in [-0.3, -0.25) is 4.79 Å². The Hall–Kier alpha value is -2.58. The maximum Gasteiger partial charge on any atom is 0.292 e. The van der Waals surface area contributed by atoms with Crippen LogP contribution in [0.15, 0.2) is 35.1 Å². The molecular weight excluding hydrogens is 362 g/mol. The lowest BCUT2D eigenvalue weighted by Crippen LogP contribution is -2.72. The second kappa shape index (κ2) is 6.49. The van der Waals surface area contributed by atoms with E-state index in [9.17, 15) is 4.79 Å². The highest BCUT2D eigenvalue weighted by Crippen LogP contribution is 2.69. The minimum absolute atomic E-state index is 0.0234. The number of carbonyl (C=O) groups is 1. The third kappa shape index (κ3) is 2.93. The molecule has 3 saturated carbocycles. The summed E-state index contributed by atoms with van der Waals surface area (Å²) in [7, 11) is 1.71. The quantitative estimate of drug-likeness (QED) is 0.818. The van der Waals surface area contributed by atoms with Gasteiger partial charge in [0.2, 0.25) is 5.91 Å². The van der Waals surface area contributed by atoms with Crippen molar-refractivity contribution in [1.29, 1.82) is 0 Å². The Morgan fingerprint density at radius 3 is 2.71 bits per heavy atom. The lowest BCUT2D eigenvalue weighted by molar-refractivity contribution is -0.260. The molecule has 4 aliphatic rings. The number of nitrogens with zero attached hydrogens (tertiary/aromatic N) is 2. The third-order valence-corrected chi connectivity index (χ3v) is 6.00. The van der Waals surface area contributed by atoms with Gasteiger partial charge in [-0.25, -0.2) is 4.98 Å². The van der Waals surface area contributed by atoms with Gasteiger partial charge < -0.3 is 28.8 Å². The fourth-order valence-corrected chi connectivity index (χ4v) is 4.38. The van der Waals surface area contributed by atoms with Gasteiger partial charge in [0, 0.05) is 26.3 Å². The molecule has 6 rings (SSSR count). The van der Waals surface area contributed by atoms with E-state index < -0.39 is 0 Å². The average molecular weight is 385 g/mol. The fourth-order valence-electron chi connectivity index (χ4n) is 4.38. The van der Waals surface area contributed by atoms with E-state index in [1.165, 1.54) is 6.26 Å². The Labute approximate surface area is 162 Å². The van der Waals surface area contributed by atoms with E-state index in [0.717, 1.165) is 38.2 Å². The van der Waals surface area contributed by atoms with Gasteiger partial charge >= 0.3 is 0 Å². The summed E-state index contributed by atoms with van der Waals surface area (Å²) < 4.78 is 21.9. The number of morpholine rings is 1. The van der Waals surface area contributed by atoms with Crippen LogP contribution in [-0.2, 0) is 14.3 Å². The number of hydrogen-bond acceptors (Lipinski definition) is 7. The number of ether oxygens (including phenoxy) is 3. The molecule has 2 bridgehead atoms. The summed E-state index contributed by atoms with van der Waals surface area (Å²) in [4.78, 5) is 19.1. The second-order valence-electron chi connectivity index (χ2n) is 7.86. The molecule has 1 N–H and O–H groups in total. The predicted octanol–water partition coefficient (Wildman–Crippen LogP) is 2.81. The zero-order valence-electron chi connectivity index (χ0n) is 15.8. The molecule has 3 aliphatic carbocycles. The topological polar surface area (TPSA) is 86.1 Å². The number of pyridine rings is 1. The van der Waals surface area contributed by atoms with E-state index in [-0.39, 0.29) is 16.9 Å². The molecule has 0 aromatic carbocycles. The smallest absolute Gasteiger partial charge is 0.292 e. The molecule has 148 valence electrons. The van der Waals surface area contributed by atoms with E-state index in [2.05, 4.69) is 15.2 Å². The lowest BCUT2D eigenvalue weighted by atomic mass is 9.40. The summed E-state index contributed by atoms with van der Waals surface area (Å²) in [5, 5.41) is 2.92. The van der Waals surface area contributed by atoms with Crippen molar-refractivity contribution in [2.45, 2.75) is 24.9 Å². The normalized spacial score (nSPS) is 28.2. The van der Waals surface area contributed by atoms with Crippen LogP contribution in [0.1, 0.15) is 19.3 Å². The van der Waals surface area contributed by atoms with Crippen LogP contribution < -0.4 is 15.0 Å². The lowest BCUT2D eigenvalue weighted by Gasteiger charge is -2.67. The first kappa shape index (κ1) is 17.5. The maximum atomic E-state index is 12.5. The summed E-state index contributed by atoms with van der Waals surface area (Å²) in [5.74, 6) is 1.80. The van der Waals surface area contributed by atoms with Crippen LogP contribution in [0.4, 0.5) is 11.5 Å². The monoisotopic (exact) mass is 385 g/mol. The van der Waals surface area contributed by atoms with Crippen molar-refractivity contribution in [2.24, 2.45) is 5.41 Å². The van der Waals surface area contributed by atoms with Gasteiger partial charge in [-0.2, -0.15) is 0 Å². The largest absolute Gasteiger partial charge is 0.432 e. The van der Waals surface area contributed by atoms with Crippen LogP contribution in [0.3, 0.4) is 0 Å². The van der Waals surface area contributed by atoms with Crippen LogP contribution in [0, 0.1) is 5.41 Å². The molecular formula is C20H23N3O5. The highest BCUT2D eigenvalue weighted by molar-refractivity contribution is 5.98. The number of aromatic nitrogens is 1. The van der Waals surface area contributed by atoms with Crippen molar-refractivity contribution in [3.8, 4) is 11.7 Å². The van der Waals surface area contributed by atoms with Crippen molar-refractivity contribution in [3.05, 3.63) is 30.7 Å². The Bertz CT molecular complexity index is 852. The van der Waals surface area contributed by atoms with E-state index in [4.69, 9.17) is 18.6 Å². The summed E-state index contributed by atoms with van der Waals surface area (Å²) in [5.41, 5.74) is 0.268. The van der Waals surface area contributed by atoms with Crippen LogP contribution in [0.2, 0.25) is 0 Å². The molecule has 8 nitrogen and oxygen atoms in total. The zero-order valence-corrected chi connectivity index (χ0v) is 15.8. The first-order valence-electron chi connectivity index (χ1n) is 9.52. The van der Waals surface area contributed by atoms with Crippen molar-refractivity contribution in [3.63, 3.8) is 0 Å². The fraction of sp³-hybridized carbons (Fsp3) is 0.500. The highest BCUT2D eigenvalue weighted by Gasteiger charge is 2.72. The first-order valence-corrected chi connectivity index (χ1v) is 9.52. The standard InChI is InChI=1S/C20H23N3O5/c1-25-20-11-19(12-20,13-20)18(24)22-14-8-17(27-10-14)28-15-2-3-16(21-9-15)23-4-6-26-7-5-23/h2-3,8-10H,4-7,11-13H2,1H3,(H,22,24). The molecule has 0 atom stereocenters. The van der Waals surface area contributed by atoms with Crippen molar-refractivity contribution < 1.29 is 23.4 Å². The van der Waals surface area contributed by atoms with Crippen LogP contribution in [0.5, 0.6) is 11.7 Å². The number of amides is 1. The number of methoxy groups -OCH3 is 1. The molecule has 3 heterocycles. The van der Waals surface area contributed by atoms with Gasteiger partial charge in [0.15, 0.2) is 0 Å². The van der Waals surface area contributed by atoms with Gasteiger partial charge in [0.05, 0.1) is 36.1 Å². The summed E-state index contributed by atoms with van der Waals surface area (Å²) in [6.45, 7) is 3.10. The van der Waals surface area contributed by atoms with E-state index in [0.29, 0.717) is 30.6 Å². The molecule has 1 amide bonds. The number of rotatable bonds is 6. The summed E-state index contributed by atoms with van der Waals surface area (Å²) >= 11 is 0. The van der Waals surface area contributed by atoms with Gasteiger partial charge in [-0.15, -0.1) is 0 Å². The average Bonchev–Trinajstić information content (AvgIpc) is 3.08. The number of furan rings is 1. The molecule has 0 radical (unpaired) electrons. The number of hydrogen-bond donors (Lipinski definition) is 1. The molecule has 0 unspecified atom stereocenters. The predicted molar refractivity (Wildman–Crippen MR) is 101 cm³/mol. The molecule has 1 aliphatic heterocycles. The van der Waals surface area contributed by atoms with Crippen molar-refractivity contribution >= 4 is 17.4 Å². The first-order chi connectivity index (χ1) is 13.6. The minimum atomic E-state index is -0.270. The number of anilines is 2. The number of carbonyl (C=O) groups excluding carboxylic acids is 1. The Morgan fingerprint density at radius 2 is 2.04 bits per heavy atom. The second-order valence-corrected chi connectivity index (χ2v) is 7.86. The SMILES string of the molecule is COC12CC(C(=O)Nc3coc(Oc4ccc(N5CCOCC5)nc4)c3)(C1)C2. The maximum absolute atomic E-state index is 12.5. The molecule has 2 aromatic rings. The molecule has 28 heavy (non-hydrogen) atoms. The third-order valence-electron chi connectivity index (χ3n) is 6.00. The summed E-state index contributed by atoms with van der Waals surface area (Å²) in [6.07, 6.45) is 5.54. The van der Waals surface area contributed by atoms with Crippen LogP contribution in [0.25, 0.3) is 0 Å². The zero-order chi connectivity index (χ0) is 19.2. The van der Waals surface area contributed by atoms with E-state index in [1.54, 1.807) is 19.4 Å². The van der Waals surface area contributed by atoms with Gasteiger partial charge in [0.25, 0.3) is 5.95 Å². The van der Waals surface area contributed by atoms with Gasteiger partial charge in [0.1, 0.15) is 17.8 Å². The van der Waals surface area contributed by atoms with E-state index in [1.807, 2.05) is 12.1 Å². The highest BCUT2D eigenvalue weighted by atomic mass is 16.6. The van der Waals surface area contributed by atoms with Crippen molar-refractivity contribution in [1.82, 2.24) is 4.98 Å². The molecule has 0 spiro atoms. The summed E-state index contributed by atoms with van der Waals surface area (Å²) in [6, 6.07) is 5.44.